The number of hydrogen-bond donors (Lipinski definition) is 0. The maximum absolute atomic E-state index is 12.8. The summed E-state index contributed by atoms with van der Waals surface area (Å²) in [5, 5.41) is 3.16. The summed E-state index contributed by atoms with van der Waals surface area (Å²) in [5.74, 6) is 0.539. The molecule has 0 atom stereocenters. The molecular formula is C19H14O3. The molecule has 108 valence electrons. The van der Waals surface area contributed by atoms with E-state index in [2.05, 4.69) is 6.07 Å². The average Bonchev–Trinajstić information content (AvgIpc) is 2.53. The average molecular weight is 290 g/mol. The van der Waals surface area contributed by atoms with E-state index in [0.717, 1.165) is 10.8 Å². The summed E-state index contributed by atoms with van der Waals surface area (Å²) in [6, 6.07) is 15.4. The van der Waals surface area contributed by atoms with Crippen LogP contribution < -0.4 is 10.2 Å². The monoisotopic (exact) mass is 290 g/mol. The Kier molecular flexibility index (Phi) is 2.70. The molecular weight excluding hydrogens is 276 g/mol. The van der Waals surface area contributed by atoms with E-state index < -0.39 is 0 Å². The van der Waals surface area contributed by atoms with Crippen LogP contribution in [0.3, 0.4) is 0 Å². The molecule has 3 nitrogen and oxygen atoms in total. The van der Waals surface area contributed by atoms with Crippen molar-refractivity contribution in [2.45, 2.75) is 6.92 Å². The molecule has 0 aliphatic carbocycles. The van der Waals surface area contributed by atoms with Gasteiger partial charge in [-0.1, -0.05) is 29.8 Å². The van der Waals surface area contributed by atoms with Gasteiger partial charge in [-0.05, 0) is 42.0 Å². The molecule has 0 spiro atoms. The van der Waals surface area contributed by atoms with Crippen molar-refractivity contribution in [3.63, 3.8) is 0 Å². The fourth-order valence-electron chi connectivity index (χ4n) is 2.90. The predicted octanol–water partition coefficient (Wildman–Crippen LogP) is 4.42. The quantitative estimate of drug-likeness (QED) is 0.487. The largest absolute Gasteiger partial charge is 0.496 e. The second kappa shape index (κ2) is 4.60. The van der Waals surface area contributed by atoms with Crippen LogP contribution in [0.5, 0.6) is 5.75 Å². The SMILES string of the molecule is COc1cccc2oc3cc4cc(C)ccc4cc3c(=O)c12. The van der Waals surface area contributed by atoms with Gasteiger partial charge in [-0.15, -0.1) is 0 Å². The van der Waals surface area contributed by atoms with Crippen molar-refractivity contribution >= 4 is 32.7 Å². The Morgan fingerprint density at radius 1 is 0.955 bits per heavy atom. The zero-order valence-corrected chi connectivity index (χ0v) is 12.3. The lowest BCUT2D eigenvalue weighted by atomic mass is 10.0. The van der Waals surface area contributed by atoms with Gasteiger partial charge in [-0.25, -0.2) is 0 Å². The lowest BCUT2D eigenvalue weighted by Crippen LogP contribution is -2.04. The molecule has 0 N–H and O–H groups in total. The van der Waals surface area contributed by atoms with Crippen molar-refractivity contribution in [1.82, 2.24) is 0 Å². The maximum atomic E-state index is 12.8. The zero-order valence-electron chi connectivity index (χ0n) is 12.3. The highest BCUT2D eigenvalue weighted by molar-refractivity contribution is 6.00. The summed E-state index contributed by atoms with van der Waals surface area (Å²) in [5.41, 5.74) is 2.26. The van der Waals surface area contributed by atoms with Gasteiger partial charge in [0.25, 0.3) is 0 Å². The second-order valence-corrected chi connectivity index (χ2v) is 5.46. The molecule has 0 bridgehead atoms. The Bertz CT molecular complexity index is 1090. The van der Waals surface area contributed by atoms with Crippen molar-refractivity contribution in [2.24, 2.45) is 0 Å². The highest BCUT2D eigenvalue weighted by atomic mass is 16.5. The van der Waals surface area contributed by atoms with Gasteiger partial charge in [0.15, 0.2) is 0 Å². The van der Waals surface area contributed by atoms with Crippen molar-refractivity contribution in [3.05, 3.63) is 64.3 Å². The Hall–Kier alpha value is -2.81. The van der Waals surface area contributed by atoms with E-state index in [0.29, 0.717) is 27.7 Å². The fraction of sp³-hybridized carbons (Fsp3) is 0.105. The molecule has 0 amide bonds. The Balaban J connectivity index is 2.22. The lowest BCUT2D eigenvalue weighted by Gasteiger charge is -2.07. The third-order valence-corrected chi connectivity index (χ3v) is 3.99. The van der Waals surface area contributed by atoms with E-state index in [9.17, 15) is 4.79 Å². The highest BCUT2D eigenvalue weighted by Gasteiger charge is 2.12. The van der Waals surface area contributed by atoms with E-state index in [4.69, 9.17) is 9.15 Å². The van der Waals surface area contributed by atoms with Gasteiger partial charge < -0.3 is 9.15 Å². The van der Waals surface area contributed by atoms with Crippen LogP contribution in [0, 0.1) is 6.92 Å². The molecule has 0 aliphatic heterocycles. The van der Waals surface area contributed by atoms with Crippen LogP contribution in [0.25, 0.3) is 32.7 Å². The summed E-state index contributed by atoms with van der Waals surface area (Å²) >= 11 is 0. The standard InChI is InChI=1S/C19H14O3/c1-11-6-7-12-9-14-17(10-13(12)8-11)22-16-5-3-4-15(21-2)18(16)19(14)20/h3-10H,1-2H3. The number of ether oxygens (including phenoxy) is 1. The highest BCUT2D eigenvalue weighted by Crippen LogP contribution is 2.28. The molecule has 4 rings (SSSR count). The summed E-state index contributed by atoms with van der Waals surface area (Å²) in [4.78, 5) is 12.8. The van der Waals surface area contributed by atoms with Crippen LogP contribution >= 0.6 is 0 Å². The minimum Gasteiger partial charge on any atom is -0.496 e. The van der Waals surface area contributed by atoms with E-state index in [1.165, 1.54) is 5.56 Å². The van der Waals surface area contributed by atoms with E-state index in [1.807, 2.05) is 37.3 Å². The number of rotatable bonds is 1. The van der Waals surface area contributed by atoms with Crippen LogP contribution in [-0.2, 0) is 0 Å². The van der Waals surface area contributed by atoms with Gasteiger partial charge in [-0.3, -0.25) is 4.79 Å². The predicted molar refractivity (Wildman–Crippen MR) is 88.8 cm³/mol. The van der Waals surface area contributed by atoms with Crippen molar-refractivity contribution in [2.75, 3.05) is 7.11 Å². The first-order valence-corrected chi connectivity index (χ1v) is 7.11. The van der Waals surface area contributed by atoms with Gasteiger partial charge in [0.2, 0.25) is 5.43 Å². The molecule has 1 heterocycles. The Morgan fingerprint density at radius 2 is 1.82 bits per heavy atom. The minimum atomic E-state index is -0.0591. The molecule has 0 aliphatic rings. The number of benzene rings is 3. The van der Waals surface area contributed by atoms with Gasteiger partial charge in [0.05, 0.1) is 12.5 Å². The van der Waals surface area contributed by atoms with Crippen molar-refractivity contribution < 1.29 is 9.15 Å². The molecule has 0 saturated heterocycles. The Morgan fingerprint density at radius 3 is 2.64 bits per heavy atom. The fourth-order valence-corrected chi connectivity index (χ4v) is 2.90. The van der Waals surface area contributed by atoms with Crippen LogP contribution in [0.4, 0.5) is 0 Å². The van der Waals surface area contributed by atoms with E-state index >= 15 is 0 Å². The molecule has 0 fully saturated rings. The van der Waals surface area contributed by atoms with Crippen LogP contribution in [0.1, 0.15) is 5.56 Å². The first kappa shape index (κ1) is 12.9. The first-order valence-electron chi connectivity index (χ1n) is 7.11. The van der Waals surface area contributed by atoms with Crippen LogP contribution in [-0.4, -0.2) is 7.11 Å². The third kappa shape index (κ3) is 1.79. The van der Waals surface area contributed by atoms with Crippen LogP contribution in [0.2, 0.25) is 0 Å². The molecule has 1 aromatic heterocycles. The van der Waals surface area contributed by atoms with Crippen molar-refractivity contribution in [1.29, 1.82) is 0 Å². The maximum Gasteiger partial charge on any atom is 0.204 e. The summed E-state index contributed by atoms with van der Waals surface area (Å²) < 4.78 is 11.2. The zero-order chi connectivity index (χ0) is 15.3. The normalized spacial score (nSPS) is 11.4. The van der Waals surface area contributed by atoms with Gasteiger partial charge in [0, 0.05) is 0 Å². The minimum absolute atomic E-state index is 0.0591. The number of fused-ring (bicyclic) bond motifs is 3. The lowest BCUT2D eigenvalue weighted by molar-refractivity contribution is 0.419. The molecule has 3 aromatic carbocycles. The van der Waals surface area contributed by atoms with Gasteiger partial charge in [0.1, 0.15) is 22.3 Å². The van der Waals surface area contributed by atoms with Crippen molar-refractivity contribution in [3.8, 4) is 5.75 Å². The second-order valence-electron chi connectivity index (χ2n) is 5.46. The summed E-state index contributed by atoms with van der Waals surface area (Å²) in [6.45, 7) is 2.05. The Labute approximate surface area is 126 Å². The number of aryl methyl sites for hydroxylation is 1. The summed E-state index contributed by atoms with van der Waals surface area (Å²) in [7, 11) is 1.56. The molecule has 0 saturated carbocycles. The van der Waals surface area contributed by atoms with E-state index in [1.54, 1.807) is 19.2 Å². The molecule has 0 radical (unpaired) electrons. The van der Waals surface area contributed by atoms with Gasteiger partial charge >= 0.3 is 0 Å². The smallest absolute Gasteiger partial charge is 0.204 e. The molecule has 0 unspecified atom stereocenters. The topological polar surface area (TPSA) is 39.4 Å². The summed E-state index contributed by atoms with van der Waals surface area (Å²) in [6.07, 6.45) is 0. The number of methoxy groups -OCH3 is 1. The van der Waals surface area contributed by atoms with E-state index in [-0.39, 0.29) is 5.43 Å². The molecule has 22 heavy (non-hydrogen) atoms. The molecule has 3 heteroatoms. The van der Waals surface area contributed by atoms with Crippen LogP contribution in [0.15, 0.2) is 57.7 Å². The molecule has 4 aromatic rings. The number of hydrogen-bond acceptors (Lipinski definition) is 3. The van der Waals surface area contributed by atoms with Gasteiger partial charge in [-0.2, -0.15) is 0 Å². The third-order valence-electron chi connectivity index (χ3n) is 3.99. The first-order chi connectivity index (χ1) is 10.7.